The molecule has 0 spiro atoms. The average Bonchev–Trinajstić information content (AvgIpc) is 2.93. The number of fused-ring (bicyclic) bond motifs is 3. The topological polar surface area (TPSA) is 20.5 Å². The molecule has 2 aromatic carbocycles. The smallest absolute Gasteiger partial charge is 0.213 e. The highest BCUT2D eigenvalue weighted by atomic mass is 15.0. The summed E-state index contributed by atoms with van der Waals surface area (Å²) < 4.78 is 2.30. The molecule has 2 nitrogen and oxygen atoms in total. The van der Waals surface area contributed by atoms with Gasteiger partial charge < -0.3 is 5.32 Å². The quantitative estimate of drug-likeness (QED) is 0.329. The lowest BCUT2D eigenvalue weighted by molar-refractivity contribution is -0.672. The first-order chi connectivity index (χ1) is 10.3. The summed E-state index contributed by atoms with van der Waals surface area (Å²) in [5, 5.41) is 1.87. The molecule has 2 heteroatoms. The normalized spacial score (nSPS) is 12.0. The molecule has 0 radical (unpaired) electrons. The number of hydrogen-bond acceptors (Lipinski definition) is 0. The standard InChI is InChI=1S/C19H17N2/c1-20-17-9-7-14(8-10-17)15-5-6-16-13-21-11-3-2-4-19(21)18(16)12-15/h2-12H,1,13,20H2/q+1. The molecule has 0 aliphatic carbocycles. The second-order valence-electron chi connectivity index (χ2n) is 5.41. The van der Waals surface area contributed by atoms with Crippen molar-refractivity contribution in [3.05, 3.63) is 79.5 Å². The largest absolute Gasteiger partial charge is 0.446 e. The van der Waals surface area contributed by atoms with Crippen LogP contribution < -0.4 is 9.88 Å². The van der Waals surface area contributed by atoms with Gasteiger partial charge in [0, 0.05) is 17.7 Å². The minimum absolute atomic E-state index is 0.973. The monoisotopic (exact) mass is 273 g/mol. The molecule has 0 saturated carbocycles. The molecule has 3 aromatic rings. The van der Waals surface area contributed by atoms with Gasteiger partial charge in [-0.2, -0.15) is 4.57 Å². The predicted molar refractivity (Wildman–Crippen MR) is 83.6 cm³/mol. The number of nitrogens with two attached hydrogens (primary N) is 1. The highest BCUT2D eigenvalue weighted by Gasteiger charge is 2.25. The Morgan fingerprint density at radius 2 is 1.71 bits per heavy atom. The molecule has 0 amide bonds. The van der Waals surface area contributed by atoms with Crippen LogP contribution in [0.5, 0.6) is 0 Å². The van der Waals surface area contributed by atoms with Crippen molar-refractivity contribution in [1.29, 1.82) is 0 Å². The first kappa shape index (κ1) is 12.3. The van der Waals surface area contributed by atoms with Gasteiger partial charge in [-0.25, -0.2) is 0 Å². The van der Waals surface area contributed by atoms with E-state index in [1.165, 1.54) is 27.9 Å². The third-order valence-electron chi connectivity index (χ3n) is 4.15. The Hall–Kier alpha value is -2.45. The van der Waals surface area contributed by atoms with Crippen LogP contribution in [0.25, 0.3) is 22.4 Å². The number of aromatic nitrogens is 1. The van der Waals surface area contributed by atoms with Gasteiger partial charge in [0.05, 0.1) is 5.56 Å². The lowest BCUT2D eigenvalue weighted by Gasteiger charge is -2.05. The fourth-order valence-corrected chi connectivity index (χ4v) is 2.99. The van der Waals surface area contributed by atoms with E-state index < -0.39 is 0 Å². The van der Waals surface area contributed by atoms with Crippen molar-refractivity contribution in [2.75, 3.05) is 0 Å². The maximum Gasteiger partial charge on any atom is 0.213 e. The van der Waals surface area contributed by atoms with Crippen LogP contribution in [0.1, 0.15) is 5.56 Å². The molecule has 0 unspecified atom stereocenters. The van der Waals surface area contributed by atoms with Crippen molar-refractivity contribution in [3.8, 4) is 22.4 Å². The summed E-state index contributed by atoms with van der Waals surface area (Å²) in [7, 11) is 3.80. The summed E-state index contributed by atoms with van der Waals surface area (Å²) in [6, 6.07) is 21.7. The second kappa shape index (κ2) is 4.83. The van der Waals surface area contributed by atoms with Crippen LogP contribution in [0.4, 0.5) is 5.69 Å². The van der Waals surface area contributed by atoms with E-state index in [1.54, 1.807) is 0 Å². The minimum Gasteiger partial charge on any atom is -0.446 e. The van der Waals surface area contributed by atoms with Gasteiger partial charge in [-0.15, -0.1) is 7.05 Å². The number of hydrogen-bond donors (Lipinski definition) is 1. The number of pyridine rings is 1. The van der Waals surface area contributed by atoms with E-state index in [9.17, 15) is 0 Å². The number of benzene rings is 2. The predicted octanol–water partition coefficient (Wildman–Crippen LogP) is 2.66. The Labute approximate surface area is 124 Å². The van der Waals surface area contributed by atoms with Crippen LogP contribution in [-0.2, 0) is 6.54 Å². The summed E-state index contributed by atoms with van der Waals surface area (Å²) in [4.78, 5) is 0. The van der Waals surface area contributed by atoms with Gasteiger partial charge in [0.1, 0.15) is 5.69 Å². The second-order valence-corrected chi connectivity index (χ2v) is 5.41. The third kappa shape index (κ3) is 2.05. The van der Waals surface area contributed by atoms with E-state index in [4.69, 9.17) is 0 Å². The highest BCUT2D eigenvalue weighted by molar-refractivity contribution is 5.74. The van der Waals surface area contributed by atoms with Crippen molar-refractivity contribution in [1.82, 2.24) is 0 Å². The Balaban J connectivity index is 1.80. The van der Waals surface area contributed by atoms with E-state index in [1.807, 2.05) is 5.32 Å². The minimum atomic E-state index is 0.973. The summed E-state index contributed by atoms with van der Waals surface area (Å²) in [5.41, 5.74) is 7.71. The van der Waals surface area contributed by atoms with Gasteiger partial charge in [-0.3, -0.25) is 0 Å². The molecule has 2 heterocycles. The van der Waals surface area contributed by atoms with Crippen molar-refractivity contribution in [2.45, 2.75) is 6.54 Å². The van der Waals surface area contributed by atoms with Crippen LogP contribution >= 0.6 is 0 Å². The summed E-state index contributed by atoms with van der Waals surface area (Å²) >= 11 is 0. The van der Waals surface area contributed by atoms with E-state index in [0.29, 0.717) is 0 Å². The maximum absolute atomic E-state index is 3.80. The van der Waals surface area contributed by atoms with E-state index in [2.05, 4.69) is 78.5 Å². The van der Waals surface area contributed by atoms with Gasteiger partial charge in [0.15, 0.2) is 12.7 Å². The lowest BCUT2D eigenvalue weighted by Crippen LogP contribution is -2.69. The average molecular weight is 273 g/mol. The van der Waals surface area contributed by atoms with Crippen LogP contribution in [0.2, 0.25) is 0 Å². The zero-order chi connectivity index (χ0) is 14.2. The molecule has 0 atom stereocenters. The molecule has 0 fully saturated rings. The molecule has 1 aliphatic rings. The zero-order valence-electron chi connectivity index (χ0n) is 11.8. The van der Waals surface area contributed by atoms with Crippen molar-refractivity contribution < 1.29 is 9.88 Å². The Kier molecular flexibility index (Phi) is 2.83. The highest BCUT2D eigenvalue weighted by Crippen LogP contribution is 2.31. The maximum atomic E-state index is 3.80. The third-order valence-corrected chi connectivity index (χ3v) is 4.15. The SMILES string of the molecule is [CH2-][NH2+]c1ccc(-c2ccc3c(c2)-c2cccc[n+]2C3)cc1. The van der Waals surface area contributed by atoms with Crippen LogP contribution in [0.3, 0.4) is 0 Å². The fourth-order valence-electron chi connectivity index (χ4n) is 2.99. The van der Waals surface area contributed by atoms with Crippen LogP contribution in [0.15, 0.2) is 66.9 Å². The molecule has 102 valence electrons. The van der Waals surface area contributed by atoms with Gasteiger partial charge in [0.2, 0.25) is 5.69 Å². The van der Waals surface area contributed by atoms with Crippen LogP contribution in [-0.4, -0.2) is 0 Å². The first-order valence-corrected chi connectivity index (χ1v) is 7.20. The lowest BCUT2D eigenvalue weighted by atomic mass is 9.99. The van der Waals surface area contributed by atoms with Crippen molar-refractivity contribution in [3.63, 3.8) is 0 Å². The number of nitrogens with zero attached hydrogens (tertiary/aromatic N) is 1. The fraction of sp³-hybridized carbons (Fsp3) is 0.0526. The molecule has 0 bridgehead atoms. The molecule has 1 aromatic heterocycles. The Morgan fingerprint density at radius 1 is 0.905 bits per heavy atom. The van der Waals surface area contributed by atoms with Gasteiger partial charge in [-0.05, 0) is 47.5 Å². The molecular formula is C19H17N2+. The van der Waals surface area contributed by atoms with Crippen molar-refractivity contribution in [2.24, 2.45) is 0 Å². The Bertz CT molecular complexity index is 804. The molecule has 2 N–H and O–H groups in total. The summed E-state index contributed by atoms with van der Waals surface area (Å²) in [5.74, 6) is 0. The van der Waals surface area contributed by atoms with E-state index >= 15 is 0 Å². The molecule has 21 heavy (non-hydrogen) atoms. The van der Waals surface area contributed by atoms with Gasteiger partial charge in [0.25, 0.3) is 0 Å². The molecule has 1 aliphatic heterocycles. The summed E-state index contributed by atoms with van der Waals surface area (Å²) in [6.45, 7) is 0.973. The Morgan fingerprint density at radius 3 is 2.52 bits per heavy atom. The molecular weight excluding hydrogens is 256 g/mol. The van der Waals surface area contributed by atoms with E-state index in [-0.39, 0.29) is 0 Å². The number of rotatable bonds is 2. The van der Waals surface area contributed by atoms with Crippen molar-refractivity contribution >= 4 is 5.69 Å². The molecule has 0 saturated heterocycles. The molecule has 4 rings (SSSR count). The zero-order valence-corrected chi connectivity index (χ0v) is 11.8. The number of quaternary nitrogens is 1. The van der Waals surface area contributed by atoms with Gasteiger partial charge in [-0.1, -0.05) is 12.1 Å². The summed E-state index contributed by atoms with van der Waals surface area (Å²) in [6.07, 6.45) is 2.15. The van der Waals surface area contributed by atoms with Crippen LogP contribution in [0, 0.1) is 7.05 Å². The first-order valence-electron chi connectivity index (χ1n) is 7.20. The van der Waals surface area contributed by atoms with E-state index in [0.717, 1.165) is 12.2 Å². The van der Waals surface area contributed by atoms with Gasteiger partial charge >= 0.3 is 0 Å².